The minimum absolute atomic E-state index is 0.116. The van der Waals surface area contributed by atoms with Gasteiger partial charge in [-0.3, -0.25) is 14.9 Å². The van der Waals surface area contributed by atoms with Crippen molar-refractivity contribution >= 4 is 23.3 Å². The van der Waals surface area contributed by atoms with E-state index in [-0.39, 0.29) is 17.2 Å². The monoisotopic (exact) mass is 383 g/mol. The second kappa shape index (κ2) is 8.51. The zero-order valence-electron chi connectivity index (χ0n) is 15.5. The van der Waals surface area contributed by atoms with E-state index in [4.69, 9.17) is 4.74 Å². The van der Waals surface area contributed by atoms with Crippen LogP contribution in [0.4, 0.5) is 11.4 Å². The van der Waals surface area contributed by atoms with Crippen molar-refractivity contribution in [1.29, 1.82) is 0 Å². The topological polar surface area (TPSA) is 93.0 Å². The number of rotatable bonds is 5. The Kier molecular flexibility index (Phi) is 5.88. The second-order valence-electron chi connectivity index (χ2n) is 6.51. The molecule has 8 nitrogen and oxygen atoms in total. The summed E-state index contributed by atoms with van der Waals surface area (Å²) in [5.74, 6) is -1.17. The quantitative estimate of drug-likeness (QED) is 0.447. The SMILES string of the molecule is Cc1cccc([N+](=O)[O-])c1C(=O)OCC(=O)N1CCN(c2ccccc2)CC1. The number of ether oxygens (including phenoxy) is 1. The highest BCUT2D eigenvalue weighted by Crippen LogP contribution is 2.23. The molecule has 0 radical (unpaired) electrons. The summed E-state index contributed by atoms with van der Waals surface area (Å²) < 4.78 is 5.08. The van der Waals surface area contributed by atoms with Gasteiger partial charge < -0.3 is 14.5 Å². The maximum atomic E-state index is 12.4. The molecule has 0 aliphatic carbocycles. The van der Waals surface area contributed by atoms with E-state index in [2.05, 4.69) is 4.90 Å². The van der Waals surface area contributed by atoms with E-state index in [0.29, 0.717) is 31.7 Å². The smallest absolute Gasteiger partial charge is 0.345 e. The number of benzene rings is 2. The standard InChI is InChI=1S/C20H21N3O5/c1-15-6-5-9-17(23(26)27)19(15)20(25)28-14-18(24)22-12-10-21(11-13-22)16-7-3-2-4-8-16/h2-9H,10-14H2,1H3. The Labute approximate surface area is 162 Å². The highest BCUT2D eigenvalue weighted by atomic mass is 16.6. The van der Waals surface area contributed by atoms with Gasteiger partial charge >= 0.3 is 5.97 Å². The van der Waals surface area contributed by atoms with Crippen LogP contribution in [0.3, 0.4) is 0 Å². The van der Waals surface area contributed by atoms with Crippen LogP contribution in [0, 0.1) is 17.0 Å². The third kappa shape index (κ3) is 4.28. The Morgan fingerprint density at radius 3 is 2.36 bits per heavy atom. The lowest BCUT2D eigenvalue weighted by Gasteiger charge is -2.36. The molecule has 2 aromatic rings. The highest BCUT2D eigenvalue weighted by Gasteiger charge is 2.26. The number of anilines is 1. The number of amides is 1. The van der Waals surface area contributed by atoms with E-state index < -0.39 is 17.5 Å². The normalized spacial score (nSPS) is 13.9. The van der Waals surface area contributed by atoms with Crippen LogP contribution in [-0.2, 0) is 9.53 Å². The lowest BCUT2D eigenvalue weighted by Crippen LogP contribution is -2.49. The number of piperazine rings is 1. The summed E-state index contributed by atoms with van der Waals surface area (Å²) in [5, 5.41) is 11.1. The molecular formula is C20H21N3O5. The van der Waals surface area contributed by atoms with E-state index in [9.17, 15) is 19.7 Å². The van der Waals surface area contributed by atoms with Gasteiger partial charge in [0.15, 0.2) is 6.61 Å². The Balaban J connectivity index is 1.55. The first-order chi connectivity index (χ1) is 13.5. The van der Waals surface area contributed by atoms with Gasteiger partial charge in [0.2, 0.25) is 0 Å². The van der Waals surface area contributed by atoms with Gasteiger partial charge in [0.05, 0.1) is 4.92 Å². The van der Waals surface area contributed by atoms with Crippen molar-refractivity contribution in [2.45, 2.75) is 6.92 Å². The minimum atomic E-state index is -0.860. The zero-order chi connectivity index (χ0) is 20.1. The van der Waals surface area contributed by atoms with Gasteiger partial charge in [-0.25, -0.2) is 4.79 Å². The number of hydrogen-bond donors (Lipinski definition) is 0. The number of hydrogen-bond acceptors (Lipinski definition) is 6. The molecule has 0 spiro atoms. The first-order valence-electron chi connectivity index (χ1n) is 8.96. The van der Waals surface area contributed by atoms with Crippen molar-refractivity contribution in [2.75, 3.05) is 37.7 Å². The van der Waals surface area contributed by atoms with Gasteiger partial charge in [0.25, 0.3) is 11.6 Å². The average molecular weight is 383 g/mol. The zero-order valence-corrected chi connectivity index (χ0v) is 15.5. The summed E-state index contributed by atoms with van der Waals surface area (Å²) in [5.41, 5.74) is 1.10. The predicted molar refractivity (Wildman–Crippen MR) is 103 cm³/mol. The maximum Gasteiger partial charge on any atom is 0.345 e. The van der Waals surface area contributed by atoms with Gasteiger partial charge in [0.1, 0.15) is 5.56 Å². The number of carbonyl (C=O) groups excluding carboxylic acids is 2. The van der Waals surface area contributed by atoms with Crippen LogP contribution >= 0.6 is 0 Å². The van der Waals surface area contributed by atoms with Gasteiger partial charge in [-0.15, -0.1) is 0 Å². The fourth-order valence-corrected chi connectivity index (χ4v) is 3.21. The summed E-state index contributed by atoms with van der Waals surface area (Å²) in [6.07, 6.45) is 0. The van der Waals surface area contributed by atoms with E-state index in [0.717, 1.165) is 5.69 Å². The van der Waals surface area contributed by atoms with Gasteiger partial charge in [-0.2, -0.15) is 0 Å². The first-order valence-corrected chi connectivity index (χ1v) is 8.96. The highest BCUT2D eigenvalue weighted by molar-refractivity contribution is 5.96. The molecule has 1 aliphatic heterocycles. The molecule has 0 atom stereocenters. The number of nitrogens with zero attached hydrogens (tertiary/aromatic N) is 3. The summed E-state index contributed by atoms with van der Waals surface area (Å²) in [7, 11) is 0. The van der Waals surface area contributed by atoms with Crippen LogP contribution in [0.5, 0.6) is 0 Å². The number of aryl methyl sites for hydroxylation is 1. The van der Waals surface area contributed by atoms with E-state index in [1.807, 2.05) is 30.3 Å². The molecule has 2 aromatic carbocycles. The molecule has 146 valence electrons. The van der Waals surface area contributed by atoms with Crippen molar-refractivity contribution in [1.82, 2.24) is 4.90 Å². The summed E-state index contributed by atoms with van der Waals surface area (Å²) in [4.78, 5) is 39.0. The van der Waals surface area contributed by atoms with E-state index in [1.54, 1.807) is 17.9 Å². The Morgan fingerprint density at radius 1 is 1.04 bits per heavy atom. The molecule has 1 saturated heterocycles. The van der Waals surface area contributed by atoms with Crippen LogP contribution < -0.4 is 4.90 Å². The maximum absolute atomic E-state index is 12.4. The van der Waals surface area contributed by atoms with Crippen LogP contribution in [0.25, 0.3) is 0 Å². The summed E-state index contributed by atoms with van der Waals surface area (Å²) >= 11 is 0. The minimum Gasteiger partial charge on any atom is -0.452 e. The molecule has 1 fully saturated rings. The third-order valence-corrected chi connectivity index (χ3v) is 4.73. The predicted octanol–water partition coefficient (Wildman–Crippen LogP) is 2.41. The molecule has 0 N–H and O–H groups in total. The van der Waals surface area contributed by atoms with Crippen molar-refractivity contribution in [3.63, 3.8) is 0 Å². The molecule has 0 unspecified atom stereocenters. The van der Waals surface area contributed by atoms with Gasteiger partial charge in [0, 0.05) is 37.9 Å². The molecular weight excluding hydrogens is 362 g/mol. The van der Waals surface area contributed by atoms with Crippen LogP contribution in [0.15, 0.2) is 48.5 Å². The van der Waals surface area contributed by atoms with Crippen LogP contribution in [-0.4, -0.2) is 54.5 Å². The Bertz CT molecular complexity index is 877. The van der Waals surface area contributed by atoms with Crippen molar-refractivity contribution in [2.24, 2.45) is 0 Å². The first kappa shape index (κ1) is 19.3. The molecule has 8 heteroatoms. The summed E-state index contributed by atoms with van der Waals surface area (Å²) in [6.45, 7) is 3.58. The lowest BCUT2D eigenvalue weighted by atomic mass is 10.1. The third-order valence-electron chi connectivity index (χ3n) is 4.73. The largest absolute Gasteiger partial charge is 0.452 e. The van der Waals surface area contributed by atoms with Gasteiger partial charge in [-0.05, 0) is 24.6 Å². The Hall–Kier alpha value is -3.42. The second-order valence-corrected chi connectivity index (χ2v) is 6.51. The number of nitro benzene ring substituents is 1. The molecule has 1 amide bonds. The number of para-hydroxylation sites is 1. The molecule has 0 aromatic heterocycles. The molecule has 0 saturated carbocycles. The molecule has 1 aliphatic rings. The van der Waals surface area contributed by atoms with Crippen molar-refractivity contribution < 1.29 is 19.2 Å². The number of esters is 1. The van der Waals surface area contributed by atoms with Crippen LogP contribution in [0.1, 0.15) is 15.9 Å². The fourth-order valence-electron chi connectivity index (χ4n) is 3.21. The molecule has 0 bridgehead atoms. The average Bonchev–Trinajstić information content (AvgIpc) is 2.72. The summed E-state index contributed by atoms with van der Waals surface area (Å²) in [6, 6.07) is 14.3. The molecule has 28 heavy (non-hydrogen) atoms. The molecule has 3 rings (SSSR count). The fraction of sp³-hybridized carbons (Fsp3) is 0.300. The van der Waals surface area contributed by atoms with Crippen molar-refractivity contribution in [3.8, 4) is 0 Å². The lowest BCUT2D eigenvalue weighted by molar-refractivity contribution is -0.385. The van der Waals surface area contributed by atoms with E-state index >= 15 is 0 Å². The van der Waals surface area contributed by atoms with Gasteiger partial charge in [-0.1, -0.05) is 30.3 Å². The number of nitro groups is 1. The Morgan fingerprint density at radius 2 is 1.71 bits per heavy atom. The van der Waals surface area contributed by atoms with Crippen LogP contribution in [0.2, 0.25) is 0 Å². The number of carbonyl (C=O) groups is 2. The van der Waals surface area contributed by atoms with Crippen molar-refractivity contribution in [3.05, 3.63) is 69.8 Å². The van der Waals surface area contributed by atoms with E-state index in [1.165, 1.54) is 12.1 Å². The molecule has 1 heterocycles.